The molecule has 0 saturated heterocycles. The summed E-state index contributed by atoms with van der Waals surface area (Å²) in [7, 11) is 0. The smallest absolute Gasteiger partial charge is 0.135 e. The van der Waals surface area contributed by atoms with Crippen LogP contribution in [0.2, 0.25) is 0 Å². The molecule has 40 heavy (non-hydrogen) atoms. The van der Waals surface area contributed by atoms with E-state index in [2.05, 4.69) is 91.0 Å². The van der Waals surface area contributed by atoms with Gasteiger partial charge in [0.1, 0.15) is 11.2 Å². The molecule has 2 aromatic heterocycles. The lowest BCUT2D eigenvalue weighted by molar-refractivity contribution is 0.669. The van der Waals surface area contributed by atoms with Crippen molar-refractivity contribution in [2.45, 2.75) is 0 Å². The normalized spacial score (nSPS) is 11.5. The number of nitriles is 1. The van der Waals surface area contributed by atoms with E-state index in [1.54, 1.807) is 0 Å². The molecule has 0 saturated carbocycles. The fourth-order valence-electron chi connectivity index (χ4n) is 5.81. The van der Waals surface area contributed by atoms with Gasteiger partial charge in [0.05, 0.1) is 11.6 Å². The lowest BCUT2D eigenvalue weighted by atomic mass is 9.89. The van der Waals surface area contributed by atoms with Crippen LogP contribution in [0, 0.1) is 11.3 Å². The number of furan rings is 1. The van der Waals surface area contributed by atoms with E-state index >= 15 is 0 Å². The topological polar surface area (TPSA) is 36.9 Å². The molecule has 3 heteroatoms. The first-order valence-electron chi connectivity index (χ1n) is 13.2. The summed E-state index contributed by atoms with van der Waals surface area (Å²) in [4.78, 5) is 0. The number of hydrogen-bond acceptors (Lipinski definition) is 3. The molecule has 8 aromatic rings. The van der Waals surface area contributed by atoms with Crippen molar-refractivity contribution < 1.29 is 4.42 Å². The molecular formula is C37H21NOS. The van der Waals surface area contributed by atoms with E-state index in [4.69, 9.17) is 4.42 Å². The first kappa shape index (κ1) is 22.8. The average molecular weight is 528 g/mol. The Hall–Kier alpha value is -5.17. The highest BCUT2D eigenvalue weighted by Crippen LogP contribution is 2.41. The minimum Gasteiger partial charge on any atom is -0.456 e. The van der Waals surface area contributed by atoms with Gasteiger partial charge in [-0.15, -0.1) is 11.3 Å². The highest BCUT2D eigenvalue weighted by molar-refractivity contribution is 7.25. The van der Waals surface area contributed by atoms with Crippen molar-refractivity contribution in [1.82, 2.24) is 0 Å². The van der Waals surface area contributed by atoms with E-state index in [1.807, 2.05) is 53.8 Å². The van der Waals surface area contributed by atoms with Crippen molar-refractivity contribution in [3.05, 3.63) is 133 Å². The SMILES string of the molecule is N#Cc1ccccc1-c1cc(-c2ccc3oc4ccccc4c3c2)ccc1-c1ccc2c(c1)sc1ccccc12. The van der Waals surface area contributed by atoms with Gasteiger partial charge in [-0.2, -0.15) is 5.26 Å². The summed E-state index contributed by atoms with van der Waals surface area (Å²) in [6, 6.07) is 46.7. The molecule has 186 valence electrons. The van der Waals surface area contributed by atoms with Crippen LogP contribution in [0.4, 0.5) is 0 Å². The Kier molecular flexibility index (Phi) is 5.10. The van der Waals surface area contributed by atoms with Gasteiger partial charge in [0, 0.05) is 36.5 Å². The Balaban J connectivity index is 1.34. The van der Waals surface area contributed by atoms with E-state index in [1.165, 1.54) is 20.2 Å². The summed E-state index contributed by atoms with van der Waals surface area (Å²) < 4.78 is 8.62. The minimum absolute atomic E-state index is 0.667. The molecule has 2 heterocycles. The first-order chi connectivity index (χ1) is 19.8. The molecular weight excluding hydrogens is 506 g/mol. The maximum atomic E-state index is 9.99. The maximum Gasteiger partial charge on any atom is 0.135 e. The van der Waals surface area contributed by atoms with E-state index in [-0.39, 0.29) is 0 Å². The van der Waals surface area contributed by atoms with Crippen LogP contribution in [0.15, 0.2) is 132 Å². The van der Waals surface area contributed by atoms with Crippen molar-refractivity contribution >= 4 is 53.4 Å². The molecule has 0 aliphatic carbocycles. The van der Waals surface area contributed by atoms with Gasteiger partial charge in [-0.05, 0) is 70.3 Å². The van der Waals surface area contributed by atoms with Crippen LogP contribution in [0.25, 0.3) is 75.5 Å². The lowest BCUT2D eigenvalue weighted by Gasteiger charge is -2.14. The van der Waals surface area contributed by atoms with Gasteiger partial charge in [-0.3, -0.25) is 0 Å². The molecule has 0 spiro atoms. The molecule has 0 unspecified atom stereocenters. The standard InChI is InChI=1S/C37H21NOS/c38-22-26-7-1-2-8-27(26)32-19-23(24-15-18-35-33(20-24)29-9-3-5-11-34(29)39-35)13-16-28(32)25-14-17-31-30-10-4-6-12-36(30)40-37(31)21-25/h1-21H. The van der Waals surface area contributed by atoms with Gasteiger partial charge in [0.2, 0.25) is 0 Å². The highest BCUT2D eigenvalue weighted by Gasteiger charge is 2.15. The zero-order chi connectivity index (χ0) is 26.6. The Morgan fingerprint density at radius 3 is 2.10 bits per heavy atom. The quantitative estimate of drug-likeness (QED) is 0.229. The maximum absolute atomic E-state index is 9.99. The number of para-hydroxylation sites is 1. The van der Waals surface area contributed by atoms with Crippen LogP contribution < -0.4 is 0 Å². The number of thiophene rings is 1. The van der Waals surface area contributed by atoms with Crippen LogP contribution in [-0.2, 0) is 0 Å². The highest BCUT2D eigenvalue weighted by atomic mass is 32.1. The third-order valence-electron chi connectivity index (χ3n) is 7.76. The van der Waals surface area contributed by atoms with Crippen molar-refractivity contribution in [1.29, 1.82) is 5.26 Å². The van der Waals surface area contributed by atoms with E-state index < -0.39 is 0 Å². The Bertz CT molecular complexity index is 2300. The van der Waals surface area contributed by atoms with Crippen LogP contribution >= 0.6 is 11.3 Å². The molecule has 0 N–H and O–H groups in total. The second kappa shape index (κ2) is 8.95. The number of fused-ring (bicyclic) bond motifs is 6. The molecule has 0 radical (unpaired) electrons. The van der Waals surface area contributed by atoms with E-state index in [0.29, 0.717) is 5.56 Å². The molecule has 0 fully saturated rings. The van der Waals surface area contributed by atoms with Crippen molar-refractivity contribution in [2.24, 2.45) is 0 Å². The summed E-state index contributed by atoms with van der Waals surface area (Å²) in [6.07, 6.45) is 0. The van der Waals surface area contributed by atoms with Gasteiger partial charge in [0.15, 0.2) is 0 Å². The zero-order valence-electron chi connectivity index (χ0n) is 21.4. The van der Waals surface area contributed by atoms with Gasteiger partial charge in [-0.25, -0.2) is 0 Å². The van der Waals surface area contributed by atoms with Gasteiger partial charge >= 0.3 is 0 Å². The molecule has 0 bridgehead atoms. The molecule has 0 aliphatic rings. The monoisotopic (exact) mass is 527 g/mol. The second-order valence-electron chi connectivity index (χ2n) is 10.0. The molecule has 8 rings (SSSR count). The number of benzene rings is 6. The Labute approximate surface area is 235 Å². The van der Waals surface area contributed by atoms with Gasteiger partial charge in [-0.1, -0.05) is 84.9 Å². The third kappa shape index (κ3) is 3.55. The zero-order valence-corrected chi connectivity index (χ0v) is 22.2. The van der Waals surface area contributed by atoms with Crippen LogP contribution in [0.1, 0.15) is 5.56 Å². The molecule has 6 aromatic carbocycles. The van der Waals surface area contributed by atoms with E-state index in [0.717, 1.165) is 55.3 Å². The summed E-state index contributed by atoms with van der Waals surface area (Å²) in [5.74, 6) is 0. The van der Waals surface area contributed by atoms with Crippen LogP contribution in [0.3, 0.4) is 0 Å². The fraction of sp³-hybridized carbons (Fsp3) is 0. The number of nitrogens with zero attached hydrogens (tertiary/aromatic N) is 1. The molecule has 2 nitrogen and oxygen atoms in total. The Morgan fingerprint density at radius 1 is 0.475 bits per heavy atom. The summed E-state index contributed by atoms with van der Waals surface area (Å²) in [6.45, 7) is 0. The Morgan fingerprint density at radius 2 is 1.18 bits per heavy atom. The number of hydrogen-bond donors (Lipinski definition) is 0. The number of rotatable bonds is 3. The predicted molar refractivity (Wildman–Crippen MR) is 168 cm³/mol. The largest absolute Gasteiger partial charge is 0.456 e. The molecule has 0 atom stereocenters. The second-order valence-corrected chi connectivity index (χ2v) is 11.1. The van der Waals surface area contributed by atoms with Gasteiger partial charge < -0.3 is 4.42 Å². The summed E-state index contributed by atoms with van der Waals surface area (Å²) in [5.41, 5.74) is 8.90. The summed E-state index contributed by atoms with van der Waals surface area (Å²) >= 11 is 1.82. The fourth-order valence-corrected chi connectivity index (χ4v) is 6.96. The first-order valence-corrected chi connectivity index (χ1v) is 14.1. The average Bonchev–Trinajstić information content (AvgIpc) is 3.58. The van der Waals surface area contributed by atoms with Gasteiger partial charge in [0.25, 0.3) is 0 Å². The van der Waals surface area contributed by atoms with Crippen LogP contribution in [-0.4, -0.2) is 0 Å². The molecule has 0 aliphatic heterocycles. The van der Waals surface area contributed by atoms with Crippen molar-refractivity contribution in [3.8, 4) is 39.4 Å². The molecule has 0 amide bonds. The predicted octanol–water partition coefficient (Wildman–Crippen LogP) is 10.8. The van der Waals surface area contributed by atoms with E-state index in [9.17, 15) is 5.26 Å². The third-order valence-corrected chi connectivity index (χ3v) is 8.89. The van der Waals surface area contributed by atoms with Crippen molar-refractivity contribution in [2.75, 3.05) is 0 Å². The van der Waals surface area contributed by atoms with Crippen molar-refractivity contribution in [3.63, 3.8) is 0 Å². The lowest BCUT2D eigenvalue weighted by Crippen LogP contribution is -1.90. The minimum atomic E-state index is 0.667. The van der Waals surface area contributed by atoms with Crippen LogP contribution in [0.5, 0.6) is 0 Å². The summed E-state index contributed by atoms with van der Waals surface area (Å²) in [5, 5.41) is 14.8.